The number of alkyl halides is 1. The molecular formula is C36H50BrN3O8. The number of allylic oxidation sites excluding steroid dienone is 1. The highest BCUT2D eigenvalue weighted by Gasteiger charge is 2.77. The van der Waals surface area contributed by atoms with Gasteiger partial charge in [0.2, 0.25) is 17.7 Å². The Morgan fingerprint density at radius 2 is 1.94 bits per heavy atom. The predicted molar refractivity (Wildman–Crippen MR) is 184 cm³/mol. The molecule has 0 radical (unpaired) electrons. The molecule has 3 amide bonds. The lowest BCUT2D eigenvalue weighted by molar-refractivity contribution is -0.163. The van der Waals surface area contributed by atoms with Gasteiger partial charge in [0.15, 0.2) is 0 Å². The number of rotatable bonds is 18. The molecule has 2 unspecified atom stereocenters. The third-order valence-corrected chi connectivity index (χ3v) is 10.7. The van der Waals surface area contributed by atoms with Gasteiger partial charge in [-0.25, -0.2) is 0 Å². The van der Waals surface area contributed by atoms with Gasteiger partial charge in [0.1, 0.15) is 17.7 Å². The molecule has 1 aromatic carbocycles. The van der Waals surface area contributed by atoms with E-state index < -0.39 is 59.6 Å². The molecule has 1 aromatic rings. The van der Waals surface area contributed by atoms with Gasteiger partial charge in [0.05, 0.1) is 43.2 Å². The second-order valence-electron chi connectivity index (χ2n) is 13.1. The SMILES string of the molecule is C=CCCC(=O)N[C@@H](COC)[C@@H](OC(=O)[C@@H]1[C@H]2O[C@@]3(CC2Br)[C@H](C(=O)N(CC=C)C(C)CCC)N([C@H](C)CO)C(=O)[C@@H]13)c1ccccc1. The summed E-state index contributed by atoms with van der Waals surface area (Å²) in [6.45, 7) is 13.2. The minimum atomic E-state index is -1.32. The Hall–Kier alpha value is -3.06. The van der Waals surface area contributed by atoms with E-state index in [1.165, 1.54) is 12.0 Å². The van der Waals surface area contributed by atoms with E-state index in [-0.39, 0.29) is 48.9 Å². The van der Waals surface area contributed by atoms with E-state index in [1.54, 1.807) is 36.1 Å². The molecule has 0 saturated carbocycles. The molecule has 264 valence electrons. The van der Waals surface area contributed by atoms with Gasteiger partial charge in [0.25, 0.3) is 0 Å². The summed E-state index contributed by atoms with van der Waals surface area (Å²) in [5, 5.41) is 13.2. The number of esters is 1. The Balaban J connectivity index is 1.73. The molecule has 10 atom stereocenters. The number of carbonyl (C=O) groups excluding carboxylic acids is 4. The molecule has 0 aliphatic carbocycles. The maximum absolute atomic E-state index is 14.6. The number of likely N-dealkylation sites (tertiary alicyclic amines) is 1. The van der Waals surface area contributed by atoms with Crippen molar-refractivity contribution in [2.45, 2.75) is 99.7 Å². The van der Waals surface area contributed by atoms with Gasteiger partial charge in [-0.15, -0.1) is 13.2 Å². The zero-order valence-electron chi connectivity index (χ0n) is 28.4. The first kappa shape index (κ1) is 37.8. The second-order valence-corrected chi connectivity index (χ2v) is 14.3. The van der Waals surface area contributed by atoms with Crippen LogP contribution in [0, 0.1) is 11.8 Å². The lowest BCUT2D eigenvalue weighted by atomic mass is 9.70. The van der Waals surface area contributed by atoms with E-state index in [2.05, 4.69) is 34.4 Å². The molecule has 2 bridgehead atoms. The third-order valence-electron chi connectivity index (χ3n) is 9.82. The second kappa shape index (κ2) is 16.6. The minimum Gasteiger partial charge on any atom is -0.455 e. The van der Waals surface area contributed by atoms with Crippen LogP contribution in [0.5, 0.6) is 0 Å². The van der Waals surface area contributed by atoms with Crippen LogP contribution in [0.3, 0.4) is 0 Å². The Labute approximate surface area is 292 Å². The summed E-state index contributed by atoms with van der Waals surface area (Å²) in [7, 11) is 1.50. The van der Waals surface area contributed by atoms with E-state index in [0.717, 1.165) is 12.8 Å². The van der Waals surface area contributed by atoms with E-state index in [9.17, 15) is 24.3 Å². The van der Waals surface area contributed by atoms with Crippen molar-refractivity contribution in [3.63, 3.8) is 0 Å². The number of fused-ring (bicyclic) bond motifs is 1. The van der Waals surface area contributed by atoms with Crippen LogP contribution in [-0.2, 0) is 33.4 Å². The van der Waals surface area contributed by atoms with Crippen LogP contribution in [0.15, 0.2) is 55.6 Å². The smallest absolute Gasteiger partial charge is 0.313 e. The third kappa shape index (κ3) is 7.27. The number of halogens is 1. The quantitative estimate of drug-likeness (QED) is 0.133. The van der Waals surface area contributed by atoms with Gasteiger partial charge >= 0.3 is 5.97 Å². The number of amides is 3. The summed E-state index contributed by atoms with van der Waals surface area (Å²) < 4.78 is 18.4. The molecular weight excluding hydrogens is 682 g/mol. The molecule has 3 aliphatic rings. The number of ether oxygens (including phenoxy) is 3. The van der Waals surface area contributed by atoms with Gasteiger partial charge in [0, 0.05) is 30.9 Å². The van der Waals surface area contributed by atoms with Crippen LogP contribution in [0.1, 0.15) is 64.5 Å². The normalized spacial score (nSPS) is 28.2. The molecule has 4 rings (SSSR count). The van der Waals surface area contributed by atoms with Gasteiger partial charge in [-0.2, -0.15) is 0 Å². The van der Waals surface area contributed by atoms with Crippen molar-refractivity contribution in [3.8, 4) is 0 Å². The topological polar surface area (TPSA) is 135 Å². The molecule has 48 heavy (non-hydrogen) atoms. The van der Waals surface area contributed by atoms with Gasteiger partial charge in [-0.1, -0.05) is 71.8 Å². The highest BCUT2D eigenvalue weighted by atomic mass is 79.9. The lowest BCUT2D eigenvalue weighted by Gasteiger charge is -2.40. The molecule has 1 spiro atoms. The standard InChI is InChI=1S/C36H50BrN3O8/c1-7-10-17-27(42)38-26(21-46-6)30(24-15-12-11-13-16-24)47-35(45)28-29-33(43)40(23(5)20-41)32(36(29)19-25(37)31(28)48-36)34(44)39(18-9-3)22(4)14-8-2/h7,9,11-13,15-16,22-23,25-26,28-32,41H,1,3,8,10,14,17-21H2,2,4-6H3,(H,38,42)/t22?,23-,25?,26+,28+,29-,30+,31+,32+,36-/m1/s1. The first-order valence-electron chi connectivity index (χ1n) is 16.8. The summed E-state index contributed by atoms with van der Waals surface area (Å²) in [4.78, 5) is 59.1. The monoisotopic (exact) mass is 731 g/mol. The van der Waals surface area contributed by atoms with Gasteiger partial charge in [-0.3, -0.25) is 19.2 Å². The van der Waals surface area contributed by atoms with Crippen molar-refractivity contribution in [2.24, 2.45) is 11.8 Å². The number of hydrogen-bond donors (Lipinski definition) is 2. The average Bonchev–Trinajstić information content (AvgIpc) is 3.67. The van der Waals surface area contributed by atoms with Crippen molar-refractivity contribution in [2.75, 3.05) is 26.9 Å². The Bertz CT molecular complexity index is 1330. The number of benzene rings is 1. The summed E-state index contributed by atoms with van der Waals surface area (Å²) in [6.07, 6.45) is 4.23. The van der Waals surface area contributed by atoms with E-state index in [0.29, 0.717) is 18.4 Å². The Morgan fingerprint density at radius 1 is 1.23 bits per heavy atom. The zero-order valence-corrected chi connectivity index (χ0v) is 30.0. The fourth-order valence-electron chi connectivity index (χ4n) is 7.66. The number of aliphatic hydroxyl groups is 1. The minimum absolute atomic E-state index is 0.0537. The molecule has 3 fully saturated rings. The predicted octanol–water partition coefficient (Wildman–Crippen LogP) is 3.70. The van der Waals surface area contributed by atoms with Crippen molar-refractivity contribution in [1.82, 2.24) is 15.1 Å². The van der Waals surface area contributed by atoms with Crippen LogP contribution < -0.4 is 5.32 Å². The highest BCUT2D eigenvalue weighted by Crippen LogP contribution is 2.61. The zero-order chi connectivity index (χ0) is 35.2. The average molecular weight is 733 g/mol. The molecule has 0 aromatic heterocycles. The molecule has 12 heteroatoms. The van der Waals surface area contributed by atoms with Crippen LogP contribution in [0.2, 0.25) is 0 Å². The van der Waals surface area contributed by atoms with Crippen molar-refractivity contribution in [1.29, 1.82) is 0 Å². The van der Waals surface area contributed by atoms with Gasteiger partial charge in [-0.05, 0) is 38.7 Å². The Morgan fingerprint density at radius 3 is 2.54 bits per heavy atom. The van der Waals surface area contributed by atoms with E-state index >= 15 is 0 Å². The largest absolute Gasteiger partial charge is 0.455 e. The number of aliphatic hydroxyl groups excluding tert-OH is 1. The number of nitrogens with one attached hydrogen (secondary N) is 1. The van der Waals surface area contributed by atoms with Crippen LogP contribution in [0.25, 0.3) is 0 Å². The van der Waals surface area contributed by atoms with Gasteiger partial charge < -0.3 is 34.4 Å². The van der Waals surface area contributed by atoms with E-state index in [4.69, 9.17) is 14.2 Å². The summed E-state index contributed by atoms with van der Waals surface area (Å²) in [5.41, 5.74) is -0.684. The van der Waals surface area contributed by atoms with Crippen molar-refractivity contribution >= 4 is 39.6 Å². The first-order chi connectivity index (χ1) is 23.0. The number of hydrogen-bond acceptors (Lipinski definition) is 8. The fourth-order valence-corrected chi connectivity index (χ4v) is 8.60. The number of nitrogens with zero attached hydrogens (tertiary/aromatic N) is 2. The fraction of sp³-hybridized carbons (Fsp3) is 0.611. The van der Waals surface area contributed by atoms with E-state index in [1.807, 2.05) is 32.0 Å². The Kier molecular flexibility index (Phi) is 13.0. The van der Waals surface area contributed by atoms with Crippen LogP contribution in [-0.4, -0.2) is 106 Å². The molecule has 3 aliphatic heterocycles. The summed E-state index contributed by atoms with van der Waals surface area (Å²) in [5.74, 6) is -3.72. The number of methoxy groups -OCH3 is 1. The number of carbonyl (C=O) groups is 4. The summed E-state index contributed by atoms with van der Waals surface area (Å²) >= 11 is 3.71. The molecule has 3 heterocycles. The highest BCUT2D eigenvalue weighted by molar-refractivity contribution is 9.09. The lowest BCUT2D eigenvalue weighted by Crippen LogP contribution is -2.59. The first-order valence-corrected chi connectivity index (χ1v) is 17.7. The summed E-state index contributed by atoms with van der Waals surface area (Å²) in [6, 6.07) is 6.41. The van der Waals surface area contributed by atoms with Crippen LogP contribution >= 0.6 is 15.9 Å². The maximum atomic E-state index is 14.6. The van der Waals surface area contributed by atoms with Crippen molar-refractivity contribution < 1.29 is 38.5 Å². The van der Waals surface area contributed by atoms with Crippen molar-refractivity contribution in [3.05, 3.63) is 61.2 Å². The molecule has 2 N–H and O–H groups in total. The maximum Gasteiger partial charge on any atom is 0.313 e. The van der Waals surface area contributed by atoms with Crippen LogP contribution in [0.4, 0.5) is 0 Å². The molecule has 3 saturated heterocycles. The molecule has 11 nitrogen and oxygen atoms in total.